The largest absolute Gasteiger partial charge is 0.489 e. The lowest BCUT2D eigenvalue weighted by molar-refractivity contribution is -0.398. The molecule has 0 radical (unpaired) electrons. The smallest absolute Gasteiger partial charge is 0.291 e. The molecule has 3 saturated heterocycles. The summed E-state index contributed by atoms with van der Waals surface area (Å²) in [6.07, 6.45) is 2.02. The molecule has 0 saturated carbocycles. The average molecular weight is 192 g/mol. The molecule has 3 fully saturated rings. The van der Waals surface area contributed by atoms with Gasteiger partial charge >= 0.3 is 13.8 Å². The summed E-state index contributed by atoms with van der Waals surface area (Å²) in [5.41, 5.74) is 0. The fourth-order valence-corrected chi connectivity index (χ4v) is 2.33. The molecule has 3 aliphatic heterocycles. The van der Waals surface area contributed by atoms with Crippen molar-refractivity contribution >= 4 is 13.6 Å². The third-order valence-electron chi connectivity index (χ3n) is 1.79. The van der Waals surface area contributed by atoms with Crippen LogP contribution in [0.4, 0.5) is 0 Å². The van der Waals surface area contributed by atoms with Crippen molar-refractivity contribution in [3.8, 4) is 0 Å². The minimum atomic E-state index is -3.19. The van der Waals surface area contributed by atoms with E-state index in [1.165, 1.54) is 0 Å². The number of carbonyl (C=O) groups is 1. The molecule has 2 bridgehead atoms. The number of phosphoric ester groups is 1. The van der Waals surface area contributed by atoms with Crippen LogP contribution < -0.4 is 0 Å². The maximum Gasteiger partial charge on any atom is 0.489 e. The fourth-order valence-electron chi connectivity index (χ4n) is 1.11. The summed E-state index contributed by atoms with van der Waals surface area (Å²) in [6.45, 7) is 1.97. The van der Waals surface area contributed by atoms with Gasteiger partial charge in [-0.2, -0.15) is 0 Å². The molecular formula is C6H9O5P. The van der Waals surface area contributed by atoms with Gasteiger partial charge in [0.1, 0.15) is 0 Å². The Balaban J connectivity index is 1.87. The van der Waals surface area contributed by atoms with Gasteiger partial charge in [-0.15, -0.1) is 0 Å². The molecule has 5 nitrogen and oxygen atoms in total. The van der Waals surface area contributed by atoms with Crippen molar-refractivity contribution in [2.24, 2.45) is 0 Å². The summed E-state index contributed by atoms with van der Waals surface area (Å²) in [5.74, 6) is -1.84. The maximum atomic E-state index is 11.2. The number of unbranched alkanes of at least 4 members (excludes halogenated alkanes) is 1. The van der Waals surface area contributed by atoms with Gasteiger partial charge in [0.05, 0.1) is 0 Å². The highest BCUT2D eigenvalue weighted by Crippen LogP contribution is 2.80. The van der Waals surface area contributed by atoms with Crippen LogP contribution in [0.3, 0.4) is 0 Å². The molecule has 12 heavy (non-hydrogen) atoms. The number of hydrogen-bond acceptors (Lipinski definition) is 5. The normalized spacial score (nSPS) is 43.1. The summed E-state index contributed by atoms with van der Waals surface area (Å²) < 4.78 is 24.6. The lowest BCUT2D eigenvalue weighted by atomic mass is 10.1. The third kappa shape index (κ3) is 0.977. The van der Waals surface area contributed by atoms with E-state index in [1.54, 1.807) is 0 Å². The summed E-state index contributed by atoms with van der Waals surface area (Å²) in [4.78, 5) is 11.2. The minimum Gasteiger partial charge on any atom is -0.291 e. The van der Waals surface area contributed by atoms with Crippen molar-refractivity contribution in [2.45, 2.75) is 32.2 Å². The number of hydrogen-bond donors (Lipinski definition) is 0. The van der Waals surface area contributed by atoms with Gasteiger partial charge in [-0.1, -0.05) is 13.3 Å². The van der Waals surface area contributed by atoms with Crippen LogP contribution in [-0.2, 0) is 22.9 Å². The Bertz CT molecular complexity index is 247. The molecule has 3 aliphatic rings. The summed E-state index contributed by atoms with van der Waals surface area (Å²) in [5, 5.41) is 0. The number of Topliss-reactive ketones (excluding diaryl/α,β-unsaturated/α-hetero) is 1. The number of phosphoric acid groups is 1. The molecule has 6 heteroatoms. The van der Waals surface area contributed by atoms with Gasteiger partial charge in [0.25, 0.3) is 0 Å². The van der Waals surface area contributed by atoms with E-state index in [0.29, 0.717) is 6.42 Å². The van der Waals surface area contributed by atoms with Crippen molar-refractivity contribution in [1.29, 1.82) is 0 Å². The highest BCUT2D eigenvalue weighted by molar-refractivity contribution is 7.52. The maximum absolute atomic E-state index is 11.2. The lowest BCUT2D eigenvalue weighted by Crippen LogP contribution is -2.62. The Morgan fingerprint density at radius 2 is 2.00 bits per heavy atom. The molecule has 0 spiro atoms. The predicted octanol–water partition coefficient (Wildman–Crippen LogP) is 1.58. The van der Waals surface area contributed by atoms with E-state index in [1.807, 2.05) is 6.92 Å². The van der Waals surface area contributed by atoms with Gasteiger partial charge in [0.2, 0.25) is 5.78 Å². The van der Waals surface area contributed by atoms with Crippen LogP contribution in [0.25, 0.3) is 0 Å². The molecule has 3 heterocycles. The first-order valence-corrected chi connectivity index (χ1v) is 5.32. The fraction of sp³-hybridized carbons (Fsp3) is 0.833. The van der Waals surface area contributed by atoms with Crippen LogP contribution >= 0.6 is 7.82 Å². The van der Waals surface area contributed by atoms with Crippen molar-refractivity contribution in [1.82, 2.24) is 0 Å². The molecular weight excluding hydrogens is 183 g/mol. The molecule has 0 aromatic rings. The van der Waals surface area contributed by atoms with E-state index >= 15 is 0 Å². The summed E-state index contributed by atoms with van der Waals surface area (Å²) in [6, 6.07) is 0. The monoisotopic (exact) mass is 192 g/mol. The van der Waals surface area contributed by atoms with E-state index in [2.05, 4.69) is 13.6 Å². The van der Waals surface area contributed by atoms with E-state index in [-0.39, 0.29) is 5.78 Å². The molecule has 3 rings (SSSR count). The second-order valence-corrected chi connectivity index (χ2v) is 4.25. The van der Waals surface area contributed by atoms with Crippen LogP contribution in [0.2, 0.25) is 0 Å². The van der Waals surface area contributed by atoms with Crippen LogP contribution in [0, 0.1) is 0 Å². The Morgan fingerprint density at radius 1 is 1.42 bits per heavy atom. The van der Waals surface area contributed by atoms with E-state index in [9.17, 15) is 9.36 Å². The number of carbonyl (C=O) groups excluding carboxylic acids is 1. The Kier molecular flexibility index (Phi) is 1.67. The van der Waals surface area contributed by atoms with E-state index < -0.39 is 13.8 Å². The predicted molar refractivity (Wildman–Crippen MR) is 38.1 cm³/mol. The van der Waals surface area contributed by atoms with Crippen LogP contribution in [-0.4, -0.2) is 11.8 Å². The zero-order valence-corrected chi connectivity index (χ0v) is 7.50. The third-order valence-corrected chi connectivity index (χ3v) is 3.19. The molecule has 0 aliphatic carbocycles. The quantitative estimate of drug-likeness (QED) is 0.633. The number of ketones is 1. The Morgan fingerprint density at radius 3 is 2.42 bits per heavy atom. The highest BCUT2D eigenvalue weighted by Gasteiger charge is 2.78. The van der Waals surface area contributed by atoms with Crippen LogP contribution in [0.15, 0.2) is 0 Å². The van der Waals surface area contributed by atoms with Crippen LogP contribution in [0.5, 0.6) is 0 Å². The van der Waals surface area contributed by atoms with Crippen molar-refractivity contribution in [3.63, 3.8) is 0 Å². The second kappa shape index (κ2) is 2.39. The first kappa shape index (κ1) is 8.38. The zero-order chi connectivity index (χ0) is 8.82. The Labute approximate surface area is 69.6 Å². The van der Waals surface area contributed by atoms with E-state index in [0.717, 1.165) is 12.8 Å². The molecule has 0 aromatic heterocycles. The number of rotatable bonds is 4. The molecule has 0 atom stereocenters. The summed E-state index contributed by atoms with van der Waals surface area (Å²) in [7, 11) is -3.19. The van der Waals surface area contributed by atoms with Gasteiger partial charge in [-0.05, 0) is 6.42 Å². The lowest BCUT2D eigenvalue weighted by Gasteiger charge is -2.53. The molecule has 68 valence electrons. The van der Waals surface area contributed by atoms with Crippen molar-refractivity contribution in [2.75, 3.05) is 0 Å². The zero-order valence-electron chi connectivity index (χ0n) is 6.61. The molecule has 0 unspecified atom stereocenters. The molecule has 0 amide bonds. The van der Waals surface area contributed by atoms with Gasteiger partial charge < -0.3 is 0 Å². The first-order valence-electron chi connectivity index (χ1n) is 3.86. The molecule has 0 N–H and O–H groups in total. The Hall–Kier alpha value is -0.220. The van der Waals surface area contributed by atoms with Crippen LogP contribution in [0.1, 0.15) is 26.2 Å². The second-order valence-electron chi connectivity index (χ2n) is 2.80. The van der Waals surface area contributed by atoms with E-state index in [4.69, 9.17) is 0 Å². The summed E-state index contributed by atoms with van der Waals surface area (Å²) >= 11 is 0. The minimum absolute atomic E-state index is 0.276. The first-order chi connectivity index (χ1) is 5.60. The van der Waals surface area contributed by atoms with Gasteiger partial charge in [0, 0.05) is 6.42 Å². The van der Waals surface area contributed by atoms with Gasteiger partial charge in [-0.25, -0.2) is 18.1 Å². The highest BCUT2D eigenvalue weighted by atomic mass is 31.2. The average Bonchev–Trinajstić information content (AvgIpc) is 1.92. The van der Waals surface area contributed by atoms with Crippen molar-refractivity contribution < 1.29 is 22.9 Å². The van der Waals surface area contributed by atoms with Gasteiger partial charge in [0.15, 0.2) is 0 Å². The van der Waals surface area contributed by atoms with Crippen molar-refractivity contribution in [3.05, 3.63) is 0 Å². The molecule has 0 aromatic carbocycles. The SMILES string of the molecule is CCCCC(=O)C12OP(=O)(O1)O2. The topological polar surface area (TPSA) is 61.8 Å². The standard InChI is InChI=1S/C6H9O5P/c1-2-3-4-5(7)6-9-12(8,10-6)11-6/h2-4H2,1H3. The van der Waals surface area contributed by atoms with Gasteiger partial charge in [-0.3, -0.25) is 4.79 Å².